The van der Waals surface area contributed by atoms with Gasteiger partial charge >= 0.3 is 0 Å². The van der Waals surface area contributed by atoms with E-state index in [-0.39, 0.29) is 5.91 Å². The van der Waals surface area contributed by atoms with Crippen LogP contribution in [0.2, 0.25) is 0 Å². The summed E-state index contributed by atoms with van der Waals surface area (Å²) >= 11 is 0. The van der Waals surface area contributed by atoms with Gasteiger partial charge in [0.1, 0.15) is 0 Å². The van der Waals surface area contributed by atoms with Crippen LogP contribution in [0.3, 0.4) is 0 Å². The third kappa shape index (κ3) is 1.26. The van der Waals surface area contributed by atoms with Gasteiger partial charge < -0.3 is 9.72 Å². The van der Waals surface area contributed by atoms with E-state index in [1.807, 2.05) is 10.5 Å². The predicted molar refractivity (Wildman–Crippen MR) is 48.6 cm³/mol. The Morgan fingerprint density at radius 3 is 3.15 bits per heavy atom. The Morgan fingerprint density at radius 1 is 1.54 bits per heavy atom. The van der Waals surface area contributed by atoms with Gasteiger partial charge in [-0.1, -0.05) is 0 Å². The normalized spacial score (nSPS) is 10.2. The van der Waals surface area contributed by atoms with Crippen molar-refractivity contribution in [2.45, 2.75) is 0 Å². The predicted octanol–water partition coefficient (Wildman–Crippen LogP) is 0.694. The number of carbonyl (C=O) groups excluding carboxylic acids is 1. The molecular formula is C9H9N3O. The SMILES string of the molecule is CNC(=O)c1ccc2cncn2c1. The van der Waals surface area contributed by atoms with E-state index in [4.69, 9.17) is 0 Å². The average Bonchev–Trinajstić information content (AvgIpc) is 2.63. The lowest BCUT2D eigenvalue weighted by molar-refractivity contribution is 0.0962. The number of carbonyl (C=O) groups is 1. The number of hydrogen-bond donors (Lipinski definition) is 1. The van der Waals surface area contributed by atoms with E-state index in [1.54, 1.807) is 31.8 Å². The summed E-state index contributed by atoms with van der Waals surface area (Å²) in [6.45, 7) is 0. The van der Waals surface area contributed by atoms with Crippen LogP contribution in [0.5, 0.6) is 0 Å². The van der Waals surface area contributed by atoms with Gasteiger partial charge in [0.25, 0.3) is 5.91 Å². The van der Waals surface area contributed by atoms with Crippen molar-refractivity contribution in [3.05, 3.63) is 36.4 Å². The summed E-state index contributed by atoms with van der Waals surface area (Å²) in [6.07, 6.45) is 5.16. The molecule has 0 fully saturated rings. The molecule has 2 aromatic heterocycles. The van der Waals surface area contributed by atoms with Gasteiger partial charge in [-0.15, -0.1) is 0 Å². The maximum atomic E-state index is 11.2. The smallest absolute Gasteiger partial charge is 0.252 e. The molecule has 0 aliphatic rings. The number of fused-ring (bicyclic) bond motifs is 1. The van der Waals surface area contributed by atoms with Crippen molar-refractivity contribution in [2.24, 2.45) is 0 Å². The van der Waals surface area contributed by atoms with E-state index in [2.05, 4.69) is 10.3 Å². The lowest BCUT2D eigenvalue weighted by Crippen LogP contribution is -2.17. The van der Waals surface area contributed by atoms with Crippen molar-refractivity contribution in [3.63, 3.8) is 0 Å². The monoisotopic (exact) mass is 175 g/mol. The van der Waals surface area contributed by atoms with Crippen LogP contribution in [-0.2, 0) is 0 Å². The van der Waals surface area contributed by atoms with Gasteiger partial charge in [-0.05, 0) is 12.1 Å². The van der Waals surface area contributed by atoms with Crippen LogP contribution in [0.1, 0.15) is 10.4 Å². The maximum absolute atomic E-state index is 11.2. The van der Waals surface area contributed by atoms with Crippen molar-refractivity contribution in [2.75, 3.05) is 7.05 Å². The molecule has 4 nitrogen and oxygen atoms in total. The van der Waals surface area contributed by atoms with Crippen molar-refractivity contribution in [3.8, 4) is 0 Å². The first-order chi connectivity index (χ1) is 6.31. The highest BCUT2D eigenvalue weighted by Gasteiger charge is 2.02. The molecule has 2 heterocycles. The van der Waals surface area contributed by atoms with E-state index in [9.17, 15) is 4.79 Å². The molecule has 0 spiro atoms. The zero-order valence-electron chi connectivity index (χ0n) is 7.19. The summed E-state index contributed by atoms with van der Waals surface area (Å²) < 4.78 is 1.81. The van der Waals surface area contributed by atoms with E-state index in [0.29, 0.717) is 5.56 Å². The minimum atomic E-state index is -0.0874. The second-order valence-corrected chi connectivity index (χ2v) is 2.72. The quantitative estimate of drug-likeness (QED) is 0.693. The third-order valence-electron chi connectivity index (χ3n) is 1.90. The highest BCUT2D eigenvalue weighted by molar-refractivity contribution is 5.93. The largest absolute Gasteiger partial charge is 0.355 e. The molecule has 2 aromatic rings. The van der Waals surface area contributed by atoms with Gasteiger partial charge in [0.05, 0.1) is 23.6 Å². The number of nitrogens with one attached hydrogen (secondary N) is 1. The summed E-state index contributed by atoms with van der Waals surface area (Å²) in [4.78, 5) is 15.2. The average molecular weight is 175 g/mol. The van der Waals surface area contributed by atoms with E-state index in [0.717, 1.165) is 5.52 Å². The second kappa shape index (κ2) is 2.90. The van der Waals surface area contributed by atoms with Crippen LogP contribution >= 0.6 is 0 Å². The van der Waals surface area contributed by atoms with Crippen molar-refractivity contribution < 1.29 is 4.79 Å². The number of imidazole rings is 1. The number of pyridine rings is 1. The molecular weight excluding hydrogens is 166 g/mol. The summed E-state index contributed by atoms with van der Waals surface area (Å²) in [5, 5.41) is 2.57. The Balaban J connectivity index is 2.54. The molecule has 0 saturated heterocycles. The number of hydrogen-bond acceptors (Lipinski definition) is 2. The molecule has 4 heteroatoms. The van der Waals surface area contributed by atoms with Crippen LogP contribution in [0, 0.1) is 0 Å². The zero-order chi connectivity index (χ0) is 9.26. The topological polar surface area (TPSA) is 46.4 Å². The fourth-order valence-electron chi connectivity index (χ4n) is 1.20. The Bertz CT molecular complexity index is 447. The Morgan fingerprint density at radius 2 is 2.38 bits per heavy atom. The standard InChI is InChI=1S/C9H9N3O/c1-10-9(13)7-2-3-8-4-11-6-12(8)5-7/h2-6H,1H3,(H,10,13). The highest BCUT2D eigenvalue weighted by atomic mass is 16.1. The molecule has 0 radical (unpaired) electrons. The molecule has 13 heavy (non-hydrogen) atoms. The molecule has 2 rings (SSSR count). The van der Waals surface area contributed by atoms with Crippen molar-refractivity contribution in [1.29, 1.82) is 0 Å². The first-order valence-corrected chi connectivity index (χ1v) is 3.95. The number of aromatic nitrogens is 2. The number of rotatable bonds is 1. The molecule has 0 aliphatic carbocycles. The molecule has 0 bridgehead atoms. The first kappa shape index (κ1) is 7.79. The van der Waals surface area contributed by atoms with Gasteiger partial charge in [0.15, 0.2) is 0 Å². The van der Waals surface area contributed by atoms with Crippen molar-refractivity contribution in [1.82, 2.24) is 14.7 Å². The fourth-order valence-corrected chi connectivity index (χ4v) is 1.20. The van der Waals surface area contributed by atoms with Gasteiger partial charge in [0.2, 0.25) is 0 Å². The molecule has 1 amide bonds. The van der Waals surface area contributed by atoms with Gasteiger partial charge in [-0.25, -0.2) is 4.98 Å². The van der Waals surface area contributed by atoms with Crippen molar-refractivity contribution >= 4 is 11.4 Å². The minimum absolute atomic E-state index is 0.0874. The van der Waals surface area contributed by atoms with E-state index >= 15 is 0 Å². The Hall–Kier alpha value is -1.84. The second-order valence-electron chi connectivity index (χ2n) is 2.72. The van der Waals surface area contributed by atoms with Crippen LogP contribution < -0.4 is 5.32 Å². The number of amides is 1. The summed E-state index contributed by atoms with van der Waals surface area (Å²) in [6, 6.07) is 3.63. The van der Waals surface area contributed by atoms with E-state index in [1.165, 1.54) is 0 Å². The van der Waals surface area contributed by atoms with Gasteiger partial charge in [0, 0.05) is 13.2 Å². The Labute approximate surface area is 75.2 Å². The Kier molecular flexibility index (Phi) is 1.73. The zero-order valence-corrected chi connectivity index (χ0v) is 7.19. The maximum Gasteiger partial charge on any atom is 0.252 e. The molecule has 0 atom stereocenters. The summed E-state index contributed by atoms with van der Waals surface area (Å²) in [7, 11) is 1.61. The van der Waals surface area contributed by atoms with Gasteiger partial charge in [-0.3, -0.25) is 4.79 Å². The van der Waals surface area contributed by atoms with Crippen LogP contribution in [0.15, 0.2) is 30.9 Å². The van der Waals surface area contributed by atoms with E-state index < -0.39 is 0 Å². The summed E-state index contributed by atoms with van der Waals surface area (Å²) in [5.74, 6) is -0.0874. The first-order valence-electron chi connectivity index (χ1n) is 3.95. The van der Waals surface area contributed by atoms with Crippen LogP contribution in [0.25, 0.3) is 5.52 Å². The molecule has 0 aromatic carbocycles. The highest BCUT2D eigenvalue weighted by Crippen LogP contribution is 2.05. The molecule has 1 N–H and O–H groups in total. The third-order valence-corrected chi connectivity index (χ3v) is 1.90. The molecule has 0 unspecified atom stereocenters. The lowest BCUT2D eigenvalue weighted by Gasteiger charge is -1.99. The van der Waals surface area contributed by atoms with Gasteiger partial charge in [-0.2, -0.15) is 0 Å². The number of nitrogens with zero attached hydrogens (tertiary/aromatic N) is 2. The minimum Gasteiger partial charge on any atom is -0.355 e. The molecule has 0 aliphatic heterocycles. The van der Waals surface area contributed by atoms with Crippen LogP contribution in [0.4, 0.5) is 0 Å². The lowest BCUT2D eigenvalue weighted by atomic mass is 10.2. The molecule has 66 valence electrons. The fraction of sp³-hybridized carbons (Fsp3) is 0.111. The van der Waals surface area contributed by atoms with Crippen LogP contribution in [-0.4, -0.2) is 22.3 Å². The summed E-state index contributed by atoms with van der Waals surface area (Å²) in [5.41, 5.74) is 1.61. The molecule has 0 saturated carbocycles.